The van der Waals surface area contributed by atoms with Crippen molar-refractivity contribution in [2.75, 3.05) is 33.2 Å². The second kappa shape index (κ2) is 7.86. The number of aromatic amines is 1. The van der Waals surface area contributed by atoms with E-state index >= 15 is 0 Å². The largest absolute Gasteiger partial charge is 0.479 e. The van der Waals surface area contributed by atoms with Crippen LogP contribution in [0.3, 0.4) is 0 Å². The van der Waals surface area contributed by atoms with Crippen LogP contribution in [-0.2, 0) is 11.2 Å². The van der Waals surface area contributed by atoms with Crippen molar-refractivity contribution in [1.29, 1.82) is 0 Å². The molecule has 3 N–H and O–H groups in total. The monoisotopic (exact) mass is 439 g/mol. The molecule has 1 saturated heterocycles. The number of halogens is 1. The molecule has 0 spiro atoms. The van der Waals surface area contributed by atoms with Gasteiger partial charge < -0.3 is 25.3 Å². The third-order valence-corrected chi connectivity index (χ3v) is 6.01. The summed E-state index contributed by atoms with van der Waals surface area (Å²) in [6.45, 7) is 2.94. The Hall–Kier alpha value is -3.10. The van der Waals surface area contributed by atoms with Crippen molar-refractivity contribution in [3.8, 4) is 16.9 Å². The van der Waals surface area contributed by atoms with Crippen molar-refractivity contribution in [3.63, 3.8) is 0 Å². The third kappa shape index (κ3) is 3.51. The molecule has 0 saturated carbocycles. The summed E-state index contributed by atoms with van der Waals surface area (Å²) in [5.74, 6) is 0.439. The molecule has 1 atom stereocenters. The Bertz CT molecular complexity index is 1190. The lowest BCUT2D eigenvalue weighted by molar-refractivity contribution is -0.138. The Labute approximate surface area is 183 Å². The van der Waals surface area contributed by atoms with Gasteiger partial charge in [0.2, 0.25) is 0 Å². The maximum absolute atomic E-state index is 13.0. The van der Waals surface area contributed by atoms with E-state index in [2.05, 4.69) is 20.6 Å². The number of benzene rings is 1. The number of aromatic nitrogens is 2. The number of pyridine rings is 1. The molecule has 0 unspecified atom stereocenters. The molecule has 3 aromatic rings. The van der Waals surface area contributed by atoms with Crippen molar-refractivity contribution < 1.29 is 14.3 Å². The second-order valence-corrected chi connectivity index (χ2v) is 8.15. The predicted octanol–water partition coefficient (Wildman–Crippen LogP) is 1.98. The van der Waals surface area contributed by atoms with E-state index in [0.29, 0.717) is 41.6 Å². The molecule has 0 aliphatic carbocycles. The Morgan fingerprint density at radius 2 is 2.03 bits per heavy atom. The van der Waals surface area contributed by atoms with Crippen LogP contribution >= 0.6 is 11.6 Å². The number of amides is 2. The van der Waals surface area contributed by atoms with E-state index in [4.69, 9.17) is 16.3 Å². The molecule has 1 fully saturated rings. The highest BCUT2D eigenvalue weighted by Gasteiger charge is 2.35. The number of ether oxygens (including phenoxy) is 1. The van der Waals surface area contributed by atoms with Crippen molar-refractivity contribution in [1.82, 2.24) is 25.5 Å². The highest BCUT2D eigenvalue weighted by Crippen LogP contribution is 2.43. The topological polar surface area (TPSA) is 99.3 Å². The molecule has 0 bridgehead atoms. The minimum absolute atomic E-state index is 0.00296. The summed E-state index contributed by atoms with van der Waals surface area (Å²) in [5.41, 5.74) is 3.54. The minimum Gasteiger partial charge on any atom is -0.479 e. The number of nitrogens with one attached hydrogen (secondary N) is 3. The number of carbonyl (C=O) groups excluding carboxylic acids is 2. The van der Waals surface area contributed by atoms with Gasteiger partial charge in [-0.15, -0.1) is 0 Å². The van der Waals surface area contributed by atoms with Gasteiger partial charge in [-0.3, -0.25) is 9.59 Å². The van der Waals surface area contributed by atoms with E-state index < -0.39 is 6.10 Å². The molecule has 8 nitrogen and oxygen atoms in total. The average molecular weight is 440 g/mol. The normalized spacial score (nSPS) is 18.0. The van der Waals surface area contributed by atoms with Gasteiger partial charge in [-0.05, 0) is 29.8 Å². The minimum atomic E-state index is -0.560. The zero-order valence-corrected chi connectivity index (χ0v) is 17.8. The van der Waals surface area contributed by atoms with Crippen molar-refractivity contribution in [2.24, 2.45) is 0 Å². The number of nitrogens with zero attached hydrogens (tertiary/aromatic N) is 2. The summed E-state index contributed by atoms with van der Waals surface area (Å²) in [5, 5.41) is 7.22. The fraction of sp³-hybridized carbons (Fsp3) is 0.318. The first-order valence-electron chi connectivity index (χ1n) is 10.2. The summed E-state index contributed by atoms with van der Waals surface area (Å²) in [6, 6.07) is 7.32. The summed E-state index contributed by atoms with van der Waals surface area (Å²) in [7, 11) is 1.58. The fourth-order valence-electron chi connectivity index (χ4n) is 4.27. The SMILES string of the molecule is CNC(=O)c1cc2c(-c3cc(Cl)cc4c3O[C@H](C(=O)N3CCNCC3)C4)ccnc2[nH]1. The van der Waals surface area contributed by atoms with E-state index in [1.807, 2.05) is 23.1 Å². The predicted molar refractivity (Wildman–Crippen MR) is 117 cm³/mol. The highest BCUT2D eigenvalue weighted by atomic mass is 35.5. The van der Waals surface area contributed by atoms with Crippen LogP contribution in [0.15, 0.2) is 30.5 Å². The first-order chi connectivity index (χ1) is 15.0. The van der Waals surface area contributed by atoms with Gasteiger partial charge in [0.05, 0.1) is 0 Å². The van der Waals surface area contributed by atoms with Gasteiger partial charge in [0, 0.05) is 67.4 Å². The number of rotatable bonds is 3. The average Bonchev–Trinajstić information content (AvgIpc) is 3.42. The maximum Gasteiger partial charge on any atom is 0.267 e. The lowest BCUT2D eigenvalue weighted by Gasteiger charge is -2.29. The maximum atomic E-state index is 13.0. The number of piperazine rings is 1. The van der Waals surface area contributed by atoms with Crippen molar-refractivity contribution in [2.45, 2.75) is 12.5 Å². The zero-order valence-electron chi connectivity index (χ0n) is 17.0. The number of carbonyl (C=O) groups is 2. The molecule has 2 aromatic heterocycles. The van der Waals surface area contributed by atoms with Gasteiger partial charge in [0.1, 0.15) is 17.1 Å². The van der Waals surface area contributed by atoms with E-state index in [-0.39, 0.29) is 11.8 Å². The summed E-state index contributed by atoms with van der Waals surface area (Å²) >= 11 is 6.44. The van der Waals surface area contributed by atoms with Crippen LogP contribution in [-0.4, -0.2) is 66.0 Å². The number of hydrogen-bond acceptors (Lipinski definition) is 5. The van der Waals surface area contributed by atoms with Gasteiger partial charge in [0.25, 0.3) is 11.8 Å². The highest BCUT2D eigenvalue weighted by molar-refractivity contribution is 6.31. The van der Waals surface area contributed by atoms with E-state index in [9.17, 15) is 9.59 Å². The molecule has 5 rings (SSSR count). The number of H-pyrrole nitrogens is 1. The van der Waals surface area contributed by atoms with Gasteiger partial charge >= 0.3 is 0 Å². The number of fused-ring (bicyclic) bond motifs is 2. The first-order valence-corrected chi connectivity index (χ1v) is 10.6. The first kappa shape index (κ1) is 19.8. The Balaban J connectivity index is 1.54. The van der Waals surface area contributed by atoms with Gasteiger partial charge in [-0.25, -0.2) is 4.98 Å². The van der Waals surface area contributed by atoms with Crippen LogP contribution < -0.4 is 15.4 Å². The lowest BCUT2D eigenvalue weighted by Crippen LogP contribution is -2.50. The van der Waals surface area contributed by atoms with Crippen LogP contribution in [0.1, 0.15) is 16.1 Å². The molecule has 2 aliphatic rings. The van der Waals surface area contributed by atoms with Crippen molar-refractivity contribution in [3.05, 3.63) is 46.7 Å². The van der Waals surface area contributed by atoms with Crippen LogP contribution in [0.4, 0.5) is 0 Å². The molecule has 1 aromatic carbocycles. The van der Waals surface area contributed by atoms with Crippen molar-refractivity contribution >= 4 is 34.4 Å². The summed E-state index contributed by atoms with van der Waals surface area (Å²) in [4.78, 5) is 34.3. The molecular formula is C22H22ClN5O3. The molecule has 31 heavy (non-hydrogen) atoms. The van der Waals surface area contributed by atoms with Gasteiger partial charge in [-0.1, -0.05) is 11.6 Å². The quantitative estimate of drug-likeness (QED) is 0.579. The van der Waals surface area contributed by atoms with Gasteiger partial charge in [-0.2, -0.15) is 0 Å². The zero-order chi connectivity index (χ0) is 21.5. The van der Waals surface area contributed by atoms with E-state index in [0.717, 1.165) is 35.2 Å². The molecular weight excluding hydrogens is 418 g/mol. The molecule has 160 valence electrons. The third-order valence-electron chi connectivity index (χ3n) is 5.79. The van der Waals surface area contributed by atoms with Crippen LogP contribution in [0, 0.1) is 0 Å². The smallest absolute Gasteiger partial charge is 0.267 e. The Kier molecular flexibility index (Phi) is 5.03. The lowest BCUT2D eigenvalue weighted by atomic mass is 9.99. The van der Waals surface area contributed by atoms with E-state index in [1.54, 1.807) is 19.3 Å². The van der Waals surface area contributed by atoms with Crippen LogP contribution in [0.5, 0.6) is 5.75 Å². The summed E-state index contributed by atoms with van der Waals surface area (Å²) < 4.78 is 6.21. The fourth-order valence-corrected chi connectivity index (χ4v) is 4.51. The van der Waals surface area contributed by atoms with Crippen LogP contribution in [0.25, 0.3) is 22.2 Å². The molecule has 0 radical (unpaired) electrons. The van der Waals surface area contributed by atoms with E-state index in [1.165, 1.54) is 0 Å². The van der Waals surface area contributed by atoms with Gasteiger partial charge in [0.15, 0.2) is 6.10 Å². The Morgan fingerprint density at radius 3 is 2.81 bits per heavy atom. The Morgan fingerprint density at radius 1 is 1.23 bits per heavy atom. The van der Waals surface area contributed by atoms with Crippen LogP contribution in [0.2, 0.25) is 5.02 Å². The number of hydrogen-bond donors (Lipinski definition) is 3. The molecule has 9 heteroatoms. The molecule has 2 amide bonds. The molecule has 4 heterocycles. The summed E-state index contributed by atoms with van der Waals surface area (Å²) in [6.07, 6.45) is 1.60. The standard InChI is InChI=1S/C22H22ClN5O3/c1-24-21(29)17-11-16-14(2-3-26-20(16)27-17)15-10-13(23)8-12-9-18(31-19(12)15)22(30)28-6-4-25-5-7-28/h2-3,8,10-11,18,25H,4-7,9H2,1H3,(H,24,29)(H,26,27)/t18-/m0/s1. The molecule has 2 aliphatic heterocycles. The second-order valence-electron chi connectivity index (χ2n) is 7.71.